The summed E-state index contributed by atoms with van der Waals surface area (Å²) in [6.45, 7) is 14.0. The molecule has 0 saturated heterocycles. The summed E-state index contributed by atoms with van der Waals surface area (Å²) in [7, 11) is 0. The van der Waals surface area contributed by atoms with Gasteiger partial charge >= 0.3 is 0 Å². The predicted octanol–water partition coefficient (Wildman–Crippen LogP) is 9.74. The van der Waals surface area contributed by atoms with E-state index in [0.29, 0.717) is 41.5 Å². The minimum absolute atomic E-state index is 0.0557. The molecule has 0 aliphatic carbocycles. The van der Waals surface area contributed by atoms with Crippen molar-refractivity contribution >= 4 is 30.0 Å². The van der Waals surface area contributed by atoms with Crippen molar-refractivity contribution < 1.29 is 19.1 Å². The van der Waals surface area contributed by atoms with Crippen molar-refractivity contribution in [3.8, 4) is 46.1 Å². The number of hydrogen-bond acceptors (Lipinski definition) is 8. The molecule has 3 aromatic heterocycles. The molecule has 6 aromatic rings. The van der Waals surface area contributed by atoms with Crippen LogP contribution in [0.5, 0.6) is 11.5 Å². The topological polar surface area (TPSA) is 94.5 Å². The number of benzene rings is 3. The summed E-state index contributed by atoms with van der Waals surface area (Å²) >= 11 is 0. The van der Waals surface area contributed by atoms with Crippen LogP contribution in [0.25, 0.3) is 22.8 Å². The minimum atomic E-state index is 0.0557. The van der Waals surface area contributed by atoms with Crippen LogP contribution in [0.15, 0.2) is 122 Å². The molecule has 6 rings (SSSR count). The van der Waals surface area contributed by atoms with Gasteiger partial charge in [0.15, 0.2) is 0 Å². The molecule has 0 fully saturated rings. The highest BCUT2D eigenvalue weighted by Gasteiger charge is 2.19. The van der Waals surface area contributed by atoms with Gasteiger partial charge in [0.1, 0.15) is 11.5 Å². The van der Waals surface area contributed by atoms with Crippen LogP contribution in [0.4, 0.5) is 17.1 Å². The Balaban J connectivity index is 1.29. The lowest BCUT2D eigenvalue weighted by molar-refractivity contribution is -0.121. The largest absolute Gasteiger partial charge is 0.429 e. The van der Waals surface area contributed by atoms with E-state index >= 15 is 0 Å². The van der Waals surface area contributed by atoms with Gasteiger partial charge in [0.2, 0.25) is 0 Å². The fourth-order valence-electron chi connectivity index (χ4n) is 5.73. The maximum absolute atomic E-state index is 11.2. The van der Waals surface area contributed by atoms with Crippen molar-refractivity contribution in [2.75, 3.05) is 4.90 Å². The molecule has 3 heterocycles. The molecular weight excluding hydrogens is 661 g/mol. The third-order valence-electron chi connectivity index (χ3n) is 8.64. The molecule has 0 amide bonds. The first kappa shape index (κ1) is 36.2. The Hall–Kier alpha value is -6.59. The molecule has 0 saturated carbocycles. The second-order valence-corrected chi connectivity index (χ2v) is 14.5. The van der Waals surface area contributed by atoms with Gasteiger partial charge in [-0.1, -0.05) is 77.6 Å². The Labute approximate surface area is 310 Å². The van der Waals surface area contributed by atoms with Gasteiger partial charge in [-0.2, -0.15) is 0 Å². The third-order valence-corrected chi connectivity index (χ3v) is 8.64. The van der Waals surface area contributed by atoms with Gasteiger partial charge in [-0.3, -0.25) is 19.6 Å². The Kier molecular flexibility index (Phi) is 10.5. The fourth-order valence-corrected chi connectivity index (χ4v) is 5.73. The molecule has 0 aliphatic rings. The number of pyridine rings is 3. The highest BCUT2D eigenvalue weighted by molar-refractivity contribution is 5.77. The van der Waals surface area contributed by atoms with Crippen LogP contribution >= 0.6 is 0 Å². The Morgan fingerprint density at radius 2 is 0.943 bits per heavy atom. The van der Waals surface area contributed by atoms with Crippen molar-refractivity contribution in [3.05, 3.63) is 144 Å². The van der Waals surface area contributed by atoms with E-state index in [1.807, 2.05) is 24.3 Å². The fraction of sp³-hybridized carbons (Fsp3) is 0.178. The quantitative estimate of drug-likeness (QED) is 0.109. The molecule has 0 N–H and O–H groups in total. The van der Waals surface area contributed by atoms with Gasteiger partial charge < -0.3 is 14.4 Å². The highest BCUT2D eigenvalue weighted by atomic mass is 16.5. The zero-order chi connectivity index (χ0) is 37.6. The minimum Gasteiger partial charge on any atom is -0.429 e. The standard InChI is InChI=1S/C45H40N4O4/c1-44(2,3)33-11-17-36(18-12-33)49(37-19-13-34(14-20-37)45(4,5)6)35-15-9-31(10-16-35)7-8-32-21-23-46-40(25-32)42-27-39(53-30-51)28-43(48-42)41-26-38(52-29-50)22-24-47-41/h9-30H,1-6H3. The maximum Gasteiger partial charge on any atom is 0.298 e. The van der Waals surface area contributed by atoms with E-state index in [0.717, 1.165) is 28.2 Å². The van der Waals surface area contributed by atoms with Crippen molar-refractivity contribution in [2.45, 2.75) is 52.4 Å². The van der Waals surface area contributed by atoms with Crippen molar-refractivity contribution in [2.24, 2.45) is 0 Å². The van der Waals surface area contributed by atoms with Gasteiger partial charge in [-0.05, 0) is 88.7 Å². The number of carbonyl (C=O) groups is 2. The van der Waals surface area contributed by atoms with E-state index in [1.54, 1.807) is 30.5 Å². The molecule has 0 atom stereocenters. The second kappa shape index (κ2) is 15.3. The summed E-state index contributed by atoms with van der Waals surface area (Å²) in [6.07, 6.45) is 3.15. The summed E-state index contributed by atoms with van der Waals surface area (Å²) in [5.74, 6) is 7.09. The summed E-state index contributed by atoms with van der Waals surface area (Å²) in [5, 5.41) is 0. The number of carbonyl (C=O) groups excluding carboxylic acids is 2. The lowest BCUT2D eigenvalue weighted by atomic mass is 9.86. The molecule has 53 heavy (non-hydrogen) atoms. The highest BCUT2D eigenvalue weighted by Crippen LogP contribution is 2.37. The first-order valence-corrected chi connectivity index (χ1v) is 17.2. The van der Waals surface area contributed by atoms with Gasteiger partial charge in [0, 0.05) is 58.8 Å². The Morgan fingerprint density at radius 3 is 1.45 bits per heavy atom. The van der Waals surface area contributed by atoms with E-state index in [-0.39, 0.29) is 16.6 Å². The van der Waals surface area contributed by atoms with Gasteiger partial charge in [-0.15, -0.1) is 0 Å². The zero-order valence-corrected chi connectivity index (χ0v) is 30.6. The van der Waals surface area contributed by atoms with Crippen molar-refractivity contribution in [1.82, 2.24) is 15.0 Å². The van der Waals surface area contributed by atoms with Crippen LogP contribution in [-0.2, 0) is 20.4 Å². The summed E-state index contributed by atoms with van der Waals surface area (Å²) in [4.78, 5) is 37.9. The molecule has 3 aromatic carbocycles. The molecule has 0 aliphatic heterocycles. The van der Waals surface area contributed by atoms with E-state index in [9.17, 15) is 9.59 Å². The average molecular weight is 701 g/mol. The van der Waals surface area contributed by atoms with Crippen molar-refractivity contribution in [1.29, 1.82) is 0 Å². The first-order chi connectivity index (χ1) is 25.4. The Morgan fingerprint density at radius 1 is 0.509 bits per heavy atom. The zero-order valence-electron chi connectivity index (χ0n) is 30.6. The van der Waals surface area contributed by atoms with Crippen LogP contribution in [0, 0.1) is 11.8 Å². The van der Waals surface area contributed by atoms with Gasteiger partial charge in [-0.25, -0.2) is 4.98 Å². The van der Waals surface area contributed by atoms with Crippen LogP contribution in [0.1, 0.15) is 63.8 Å². The summed E-state index contributed by atoms with van der Waals surface area (Å²) in [5.41, 5.74) is 9.20. The monoisotopic (exact) mass is 700 g/mol. The first-order valence-electron chi connectivity index (χ1n) is 17.2. The molecule has 8 heteroatoms. The molecule has 0 spiro atoms. The van der Waals surface area contributed by atoms with Crippen LogP contribution < -0.4 is 14.4 Å². The van der Waals surface area contributed by atoms with Crippen LogP contribution in [0.2, 0.25) is 0 Å². The average Bonchev–Trinajstić information content (AvgIpc) is 3.15. The van der Waals surface area contributed by atoms with E-state index in [4.69, 9.17) is 14.5 Å². The number of aromatic nitrogens is 3. The van der Waals surface area contributed by atoms with E-state index in [1.165, 1.54) is 17.3 Å². The maximum atomic E-state index is 11.2. The molecule has 0 unspecified atom stereocenters. The molecular formula is C45H40N4O4. The number of hydrogen-bond donors (Lipinski definition) is 0. The number of nitrogens with zero attached hydrogens (tertiary/aromatic N) is 4. The number of anilines is 3. The summed E-state index contributed by atoms with van der Waals surface area (Å²) < 4.78 is 10.1. The molecule has 264 valence electrons. The van der Waals surface area contributed by atoms with Crippen LogP contribution in [-0.4, -0.2) is 27.9 Å². The van der Waals surface area contributed by atoms with E-state index < -0.39 is 0 Å². The second-order valence-electron chi connectivity index (χ2n) is 14.5. The number of ether oxygens (including phenoxy) is 2. The number of rotatable bonds is 9. The SMILES string of the molecule is CC(C)(C)c1ccc(N(c2ccc(C#Cc3ccnc(-c4cc(OC=O)cc(-c5cc(OC=O)ccn5)n4)c3)cc2)c2ccc(C(C)(C)C)cc2)cc1. The van der Waals surface area contributed by atoms with Crippen molar-refractivity contribution in [3.63, 3.8) is 0 Å². The predicted molar refractivity (Wildman–Crippen MR) is 209 cm³/mol. The normalized spacial score (nSPS) is 11.2. The van der Waals surface area contributed by atoms with E-state index in [2.05, 4.69) is 129 Å². The molecule has 0 radical (unpaired) electrons. The van der Waals surface area contributed by atoms with Crippen LogP contribution in [0.3, 0.4) is 0 Å². The summed E-state index contributed by atoms with van der Waals surface area (Å²) in [6, 6.07) is 35.7. The lowest BCUT2D eigenvalue weighted by Gasteiger charge is -2.28. The molecule has 8 nitrogen and oxygen atoms in total. The van der Waals surface area contributed by atoms with Gasteiger partial charge in [0.25, 0.3) is 12.9 Å². The lowest BCUT2D eigenvalue weighted by Crippen LogP contribution is -2.14. The van der Waals surface area contributed by atoms with Gasteiger partial charge in [0.05, 0.1) is 22.8 Å². The Bertz CT molecular complexity index is 2240. The molecule has 0 bridgehead atoms. The smallest absolute Gasteiger partial charge is 0.298 e. The third kappa shape index (κ3) is 8.84.